The maximum atomic E-state index is 12.2. The monoisotopic (exact) mass is 437 g/mol. The van der Waals surface area contributed by atoms with E-state index in [0.717, 1.165) is 11.1 Å². The van der Waals surface area contributed by atoms with Crippen LogP contribution in [0.3, 0.4) is 0 Å². The van der Waals surface area contributed by atoms with Crippen molar-refractivity contribution in [2.45, 2.75) is 12.5 Å². The van der Waals surface area contributed by atoms with E-state index in [1.165, 1.54) is 6.21 Å². The fourth-order valence-electron chi connectivity index (χ4n) is 2.61. The third-order valence-electron chi connectivity index (χ3n) is 4.18. The van der Waals surface area contributed by atoms with E-state index in [4.69, 9.17) is 27.9 Å². The number of rotatable bonds is 7. The molecule has 1 amide bonds. The van der Waals surface area contributed by atoms with Crippen molar-refractivity contribution in [1.29, 1.82) is 5.26 Å². The first kappa shape index (κ1) is 21.4. The quantitative estimate of drug-likeness (QED) is 0.400. The maximum absolute atomic E-state index is 12.2. The molecule has 3 aromatic carbocycles. The number of hydrogen-bond donors (Lipinski definition) is 1. The van der Waals surface area contributed by atoms with E-state index in [2.05, 4.69) is 10.5 Å². The Morgan fingerprint density at radius 2 is 1.80 bits per heavy atom. The van der Waals surface area contributed by atoms with Crippen molar-refractivity contribution in [1.82, 2.24) is 5.43 Å². The Labute approximate surface area is 184 Å². The number of ether oxygens (including phenoxy) is 1. The van der Waals surface area contributed by atoms with Crippen LogP contribution in [0.15, 0.2) is 77.9 Å². The van der Waals surface area contributed by atoms with Crippen molar-refractivity contribution in [2.24, 2.45) is 5.10 Å². The summed E-state index contributed by atoms with van der Waals surface area (Å²) in [6.45, 7) is 0.357. The van der Waals surface area contributed by atoms with Crippen LogP contribution < -0.4 is 10.2 Å². The minimum absolute atomic E-state index is 0.357. The van der Waals surface area contributed by atoms with Crippen LogP contribution >= 0.6 is 23.2 Å². The first-order valence-corrected chi connectivity index (χ1v) is 9.76. The average molecular weight is 438 g/mol. The number of benzene rings is 3. The van der Waals surface area contributed by atoms with Crippen LogP contribution in [0.4, 0.5) is 0 Å². The minimum atomic E-state index is -0.916. The van der Waals surface area contributed by atoms with Gasteiger partial charge in [-0.25, -0.2) is 5.43 Å². The second-order valence-corrected chi connectivity index (χ2v) is 7.13. The number of halogens is 2. The molecule has 150 valence electrons. The summed E-state index contributed by atoms with van der Waals surface area (Å²) in [6, 6.07) is 23.4. The molecule has 0 heterocycles. The average Bonchev–Trinajstić information content (AvgIpc) is 2.77. The SMILES string of the molecule is N#C[C@@H](C(=O)N/N=C\c1ccc(OCc2ccc(Cl)c(Cl)c2)cc1)c1ccccc1. The summed E-state index contributed by atoms with van der Waals surface area (Å²) < 4.78 is 5.73. The normalized spacial score (nSPS) is 11.6. The molecule has 1 N–H and O–H groups in total. The van der Waals surface area contributed by atoms with E-state index in [1.54, 1.807) is 60.7 Å². The first-order valence-electron chi connectivity index (χ1n) is 9.01. The second kappa shape index (κ2) is 10.4. The third-order valence-corrected chi connectivity index (χ3v) is 4.92. The zero-order chi connectivity index (χ0) is 21.3. The Kier molecular flexibility index (Phi) is 7.45. The minimum Gasteiger partial charge on any atom is -0.489 e. The van der Waals surface area contributed by atoms with Crippen molar-refractivity contribution >= 4 is 35.3 Å². The van der Waals surface area contributed by atoms with Gasteiger partial charge in [0.05, 0.1) is 22.3 Å². The van der Waals surface area contributed by atoms with Gasteiger partial charge in [0.1, 0.15) is 12.4 Å². The molecule has 0 aliphatic heterocycles. The molecule has 30 heavy (non-hydrogen) atoms. The van der Waals surface area contributed by atoms with Gasteiger partial charge in [0.2, 0.25) is 0 Å². The van der Waals surface area contributed by atoms with Gasteiger partial charge in [0.15, 0.2) is 5.92 Å². The summed E-state index contributed by atoms with van der Waals surface area (Å²) in [5, 5.41) is 14.2. The molecule has 0 aliphatic rings. The Morgan fingerprint density at radius 1 is 1.07 bits per heavy atom. The first-order chi connectivity index (χ1) is 14.6. The molecule has 1 atom stereocenters. The molecule has 0 aliphatic carbocycles. The zero-order valence-electron chi connectivity index (χ0n) is 15.8. The fraction of sp³-hybridized carbons (Fsp3) is 0.0870. The van der Waals surface area contributed by atoms with E-state index in [9.17, 15) is 10.1 Å². The van der Waals surface area contributed by atoms with Crippen LogP contribution in [0, 0.1) is 11.3 Å². The van der Waals surface area contributed by atoms with Crippen LogP contribution in [0.5, 0.6) is 5.75 Å². The number of nitrogens with one attached hydrogen (secondary N) is 1. The van der Waals surface area contributed by atoms with Crippen molar-refractivity contribution < 1.29 is 9.53 Å². The van der Waals surface area contributed by atoms with E-state index in [-0.39, 0.29) is 0 Å². The summed E-state index contributed by atoms with van der Waals surface area (Å²) in [7, 11) is 0. The zero-order valence-corrected chi connectivity index (χ0v) is 17.3. The lowest BCUT2D eigenvalue weighted by molar-refractivity contribution is -0.121. The summed E-state index contributed by atoms with van der Waals surface area (Å²) in [5.41, 5.74) is 4.70. The number of carbonyl (C=O) groups excluding carboxylic acids is 1. The van der Waals surface area contributed by atoms with Gasteiger partial charge in [0, 0.05) is 0 Å². The number of amides is 1. The lowest BCUT2D eigenvalue weighted by Crippen LogP contribution is -2.24. The van der Waals surface area contributed by atoms with E-state index >= 15 is 0 Å². The van der Waals surface area contributed by atoms with Crippen molar-refractivity contribution in [3.63, 3.8) is 0 Å². The molecule has 3 aromatic rings. The molecule has 0 bridgehead atoms. The smallest absolute Gasteiger partial charge is 0.261 e. The lowest BCUT2D eigenvalue weighted by Gasteiger charge is -2.08. The molecule has 0 radical (unpaired) electrons. The third kappa shape index (κ3) is 5.84. The van der Waals surface area contributed by atoms with Gasteiger partial charge in [-0.1, -0.05) is 59.6 Å². The number of hydrogen-bond acceptors (Lipinski definition) is 4. The van der Waals surface area contributed by atoms with Crippen LogP contribution in [0.1, 0.15) is 22.6 Å². The summed E-state index contributed by atoms with van der Waals surface area (Å²) in [6.07, 6.45) is 1.50. The van der Waals surface area contributed by atoms with Gasteiger partial charge < -0.3 is 4.74 Å². The van der Waals surface area contributed by atoms with Gasteiger partial charge in [0.25, 0.3) is 5.91 Å². The topological polar surface area (TPSA) is 74.5 Å². The van der Waals surface area contributed by atoms with E-state index in [0.29, 0.717) is 28.0 Å². The van der Waals surface area contributed by atoms with Crippen molar-refractivity contribution in [2.75, 3.05) is 0 Å². The Hall–Kier alpha value is -3.33. The number of carbonyl (C=O) groups is 1. The summed E-state index contributed by atoms with van der Waals surface area (Å²) in [5.74, 6) is -0.724. The molecule has 0 unspecified atom stereocenters. The molecule has 0 spiro atoms. The highest BCUT2D eigenvalue weighted by Crippen LogP contribution is 2.23. The molecule has 3 rings (SSSR count). The fourth-order valence-corrected chi connectivity index (χ4v) is 2.93. The second-order valence-electron chi connectivity index (χ2n) is 6.31. The Bertz CT molecular complexity index is 1080. The molecule has 5 nitrogen and oxygen atoms in total. The highest BCUT2D eigenvalue weighted by Gasteiger charge is 2.19. The van der Waals surface area contributed by atoms with Gasteiger partial charge in [-0.3, -0.25) is 4.79 Å². The number of hydrazone groups is 1. The van der Waals surface area contributed by atoms with E-state index < -0.39 is 11.8 Å². The van der Waals surface area contributed by atoms with Gasteiger partial charge in [-0.2, -0.15) is 10.4 Å². The van der Waals surface area contributed by atoms with Crippen LogP contribution in [0.2, 0.25) is 10.0 Å². The molecule has 7 heteroatoms. The number of nitriles is 1. The van der Waals surface area contributed by atoms with Gasteiger partial charge in [-0.15, -0.1) is 0 Å². The van der Waals surface area contributed by atoms with Gasteiger partial charge >= 0.3 is 0 Å². The van der Waals surface area contributed by atoms with Gasteiger partial charge in [-0.05, 0) is 53.1 Å². The molecular weight excluding hydrogens is 421 g/mol. The van der Waals surface area contributed by atoms with Crippen molar-refractivity contribution in [3.05, 3.63) is 99.5 Å². The number of nitrogens with zero attached hydrogens (tertiary/aromatic N) is 2. The molecule has 0 fully saturated rings. The molecule has 0 saturated carbocycles. The maximum Gasteiger partial charge on any atom is 0.261 e. The van der Waals surface area contributed by atoms with Crippen LogP contribution in [-0.2, 0) is 11.4 Å². The molecule has 0 aromatic heterocycles. The van der Waals surface area contributed by atoms with E-state index in [1.807, 2.05) is 18.2 Å². The summed E-state index contributed by atoms with van der Waals surface area (Å²) >= 11 is 11.9. The predicted octanol–water partition coefficient (Wildman–Crippen LogP) is 5.33. The van der Waals surface area contributed by atoms with Crippen molar-refractivity contribution in [3.8, 4) is 11.8 Å². The highest BCUT2D eigenvalue weighted by atomic mass is 35.5. The predicted molar refractivity (Wildman–Crippen MR) is 118 cm³/mol. The standard InChI is InChI=1S/C23H17Cl2N3O2/c24-21-11-8-17(12-22(21)25)15-30-19-9-6-16(7-10-19)14-27-28-23(29)20(13-26)18-4-2-1-3-5-18/h1-12,14,20H,15H2,(H,28,29)/b27-14-/t20-/m1/s1. The van der Waals surface area contributed by atoms with Crippen LogP contribution in [-0.4, -0.2) is 12.1 Å². The van der Waals surface area contributed by atoms with Crippen LogP contribution in [0.25, 0.3) is 0 Å². The lowest BCUT2D eigenvalue weighted by atomic mass is 10.0. The largest absolute Gasteiger partial charge is 0.489 e. The highest BCUT2D eigenvalue weighted by molar-refractivity contribution is 6.42. The molecule has 0 saturated heterocycles. The Morgan fingerprint density at radius 3 is 2.47 bits per heavy atom. The Balaban J connectivity index is 1.53. The molecular formula is C23H17Cl2N3O2. The summed E-state index contributed by atoms with van der Waals surface area (Å²) in [4.78, 5) is 12.2.